The fraction of sp³-hybridized carbons (Fsp3) is 0.0435. The van der Waals surface area contributed by atoms with Gasteiger partial charge in [0.2, 0.25) is 5.78 Å². The minimum Gasteiger partial charge on any atom is -0.452 e. The third-order valence-corrected chi connectivity index (χ3v) is 4.86. The topological polar surface area (TPSA) is 52.6 Å². The van der Waals surface area contributed by atoms with E-state index in [1.54, 1.807) is 36.4 Å². The second-order valence-electron chi connectivity index (χ2n) is 6.36. The number of benzene rings is 3. The number of carbonyl (C=O) groups is 2. The van der Waals surface area contributed by atoms with E-state index in [0.717, 1.165) is 15.6 Å². The molecule has 1 aliphatic heterocycles. The molecule has 0 radical (unpaired) electrons. The lowest BCUT2D eigenvalue weighted by atomic mass is 10.1. The highest BCUT2D eigenvalue weighted by Crippen LogP contribution is 2.35. The molecule has 3 aromatic carbocycles. The van der Waals surface area contributed by atoms with Gasteiger partial charge in [-0.15, -0.1) is 0 Å². The molecule has 4 rings (SSSR count). The number of rotatable bonds is 3. The van der Waals surface area contributed by atoms with Gasteiger partial charge in [0, 0.05) is 10.5 Å². The van der Waals surface area contributed by atoms with E-state index in [2.05, 4.69) is 15.9 Å². The number of aryl methyl sites for hydroxylation is 1. The summed E-state index contributed by atoms with van der Waals surface area (Å²) in [5.41, 5.74) is 2.61. The lowest BCUT2D eigenvalue weighted by Crippen LogP contribution is -2.10. The molecule has 4 nitrogen and oxygen atoms in total. The number of halogens is 1. The van der Waals surface area contributed by atoms with Crippen LogP contribution in [-0.2, 0) is 0 Å². The van der Waals surface area contributed by atoms with Gasteiger partial charge in [-0.05, 0) is 54.5 Å². The molecule has 0 aliphatic carbocycles. The Kier molecular flexibility index (Phi) is 4.84. The first kappa shape index (κ1) is 18.2. The smallest absolute Gasteiger partial charge is 0.343 e. The Balaban J connectivity index is 1.57. The number of ether oxygens (including phenoxy) is 2. The highest BCUT2D eigenvalue weighted by Gasteiger charge is 2.28. The molecule has 138 valence electrons. The van der Waals surface area contributed by atoms with E-state index in [0.29, 0.717) is 22.6 Å². The average Bonchev–Trinajstić information content (AvgIpc) is 2.97. The number of carbonyl (C=O) groups excluding carboxylic acids is 2. The van der Waals surface area contributed by atoms with Crippen LogP contribution in [0.25, 0.3) is 6.08 Å². The molecule has 5 heteroatoms. The van der Waals surface area contributed by atoms with Gasteiger partial charge < -0.3 is 9.47 Å². The van der Waals surface area contributed by atoms with E-state index in [9.17, 15) is 9.59 Å². The summed E-state index contributed by atoms with van der Waals surface area (Å²) in [6, 6.07) is 19.5. The summed E-state index contributed by atoms with van der Waals surface area (Å²) in [5, 5.41) is 0. The van der Waals surface area contributed by atoms with Gasteiger partial charge in [0.15, 0.2) is 5.76 Å². The summed E-state index contributed by atoms with van der Waals surface area (Å²) in [4.78, 5) is 25.0. The molecule has 0 spiro atoms. The van der Waals surface area contributed by atoms with E-state index in [4.69, 9.17) is 9.47 Å². The Morgan fingerprint density at radius 1 is 1.04 bits per heavy atom. The molecule has 0 N–H and O–H groups in total. The molecular weight excluding hydrogens is 420 g/mol. The van der Waals surface area contributed by atoms with Crippen molar-refractivity contribution in [3.8, 4) is 11.5 Å². The SMILES string of the molecule is Cc1ccccc1C(=O)Oc1ccc2c(c1)O/C(=C\c1cccc(Br)c1)C2=O. The van der Waals surface area contributed by atoms with Gasteiger partial charge in [0.05, 0.1) is 11.1 Å². The predicted molar refractivity (Wildman–Crippen MR) is 110 cm³/mol. The standard InChI is InChI=1S/C23H15BrO4/c1-14-5-2-3-8-18(14)23(26)27-17-9-10-19-20(13-17)28-21(22(19)25)12-15-6-4-7-16(24)11-15/h2-13H,1H3/b21-12-. The zero-order chi connectivity index (χ0) is 19.7. The first-order valence-corrected chi connectivity index (χ1v) is 9.42. The van der Waals surface area contributed by atoms with Crippen LogP contribution in [0.15, 0.2) is 77.0 Å². The third-order valence-electron chi connectivity index (χ3n) is 4.36. The van der Waals surface area contributed by atoms with Crippen molar-refractivity contribution in [3.05, 3.63) is 99.2 Å². The van der Waals surface area contributed by atoms with Crippen molar-refractivity contribution in [2.45, 2.75) is 6.92 Å². The summed E-state index contributed by atoms with van der Waals surface area (Å²) in [6.07, 6.45) is 1.69. The molecule has 28 heavy (non-hydrogen) atoms. The molecule has 1 heterocycles. The second kappa shape index (κ2) is 7.44. The van der Waals surface area contributed by atoms with Crippen molar-refractivity contribution >= 4 is 33.8 Å². The number of fused-ring (bicyclic) bond motifs is 1. The number of ketones is 1. The number of allylic oxidation sites excluding steroid dienone is 1. The van der Waals surface area contributed by atoms with Gasteiger partial charge in [0.1, 0.15) is 11.5 Å². The normalized spacial score (nSPS) is 13.9. The van der Waals surface area contributed by atoms with Gasteiger partial charge in [-0.2, -0.15) is 0 Å². The van der Waals surface area contributed by atoms with Gasteiger partial charge in [0.25, 0.3) is 0 Å². The van der Waals surface area contributed by atoms with Crippen LogP contribution in [0.4, 0.5) is 0 Å². The third kappa shape index (κ3) is 3.62. The minimum atomic E-state index is -0.452. The predicted octanol–water partition coefficient (Wildman–Crippen LogP) is 5.59. The Morgan fingerprint density at radius 2 is 1.86 bits per heavy atom. The van der Waals surface area contributed by atoms with Crippen LogP contribution >= 0.6 is 15.9 Å². The van der Waals surface area contributed by atoms with Crippen LogP contribution in [0.3, 0.4) is 0 Å². The molecule has 0 atom stereocenters. The Bertz CT molecular complexity index is 1130. The quantitative estimate of drug-likeness (QED) is 0.306. The number of hydrogen-bond acceptors (Lipinski definition) is 4. The Labute approximate surface area is 170 Å². The van der Waals surface area contributed by atoms with Crippen molar-refractivity contribution in [2.24, 2.45) is 0 Å². The van der Waals surface area contributed by atoms with Gasteiger partial charge in [-0.1, -0.05) is 46.3 Å². The number of esters is 1. The van der Waals surface area contributed by atoms with E-state index >= 15 is 0 Å². The van der Waals surface area contributed by atoms with Crippen molar-refractivity contribution in [2.75, 3.05) is 0 Å². The maximum Gasteiger partial charge on any atom is 0.343 e. The zero-order valence-electron chi connectivity index (χ0n) is 14.9. The molecule has 0 aromatic heterocycles. The highest BCUT2D eigenvalue weighted by molar-refractivity contribution is 9.10. The summed E-state index contributed by atoms with van der Waals surface area (Å²) < 4.78 is 12.1. The summed E-state index contributed by atoms with van der Waals surface area (Å²) in [7, 11) is 0. The molecule has 0 saturated carbocycles. The molecule has 0 amide bonds. The molecule has 0 unspecified atom stereocenters. The lowest BCUT2D eigenvalue weighted by Gasteiger charge is -2.07. The van der Waals surface area contributed by atoms with Crippen molar-refractivity contribution in [3.63, 3.8) is 0 Å². The zero-order valence-corrected chi connectivity index (χ0v) is 16.5. The molecular formula is C23H15BrO4. The van der Waals surface area contributed by atoms with Gasteiger partial charge in [-0.3, -0.25) is 4.79 Å². The average molecular weight is 435 g/mol. The molecule has 0 fully saturated rings. The van der Waals surface area contributed by atoms with Gasteiger partial charge >= 0.3 is 5.97 Å². The molecule has 0 saturated heterocycles. The maximum absolute atomic E-state index is 12.6. The first-order chi connectivity index (χ1) is 13.5. The highest BCUT2D eigenvalue weighted by atomic mass is 79.9. The van der Waals surface area contributed by atoms with Crippen LogP contribution in [0.5, 0.6) is 11.5 Å². The second-order valence-corrected chi connectivity index (χ2v) is 7.27. The van der Waals surface area contributed by atoms with Crippen LogP contribution in [0.2, 0.25) is 0 Å². The number of Topliss-reactive ketones (excluding diaryl/α,β-unsaturated/α-hetero) is 1. The van der Waals surface area contributed by atoms with Crippen molar-refractivity contribution in [1.29, 1.82) is 0 Å². The van der Waals surface area contributed by atoms with Crippen molar-refractivity contribution in [1.82, 2.24) is 0 Å². The van der Waals surface area contributed by atoms with E-state index in [1.165, 1.54) is 0 Å². The van der Waals surface area contributed by atoms with E-state index < -0.39 is 5.97 Å². The summed E-state index contributed by atoms with van der Waals surface area (Å²) in [5.74, 6) is 0.277. The maximum atomic E-state index is 12.6. The Hall–Kier alpha value is -3.18. The van der Waals surface area contributed by atoms with E-state index in [1.807, 2.05) is 43.3 Å². The minimum absolute atomic E-state index is 0.202. The molecule has 1 aliphatic rings. The summed E-state index contributed by atoms with van der Waals surface area (Å²) >= 11 is 3.41. The Morgan fingerprint density at radius 3 is 2.64 bits per heavy atom. The van der Waals surface area contributed by atoms with Crippen LogP contribution in [-0.4, -0.2) is 11.8 Å². The van der Waals surface area contributed by atoms with E-state index in [-0.39, 0.29) is 11.5 Å². The first-order valence-electron chi connectivity index (χ1n) is 8.63. The number of hydrogen-bond donors (Lipinski definition) is 0. The van der Waals surface area contributed by atoms with Crippen LogP contribution in [0.1, 0.15) is 31.8 Å². The monoisotopic (exact) mass is 434 g/mol. The summed E-state index contributed by atoms with van der Waals surface area (Å²) in [6.45, 7) is 1.85. The fourth-order valence-electron chi connectivity index (χ4n) is 2.94. The van der Waals surface area contributed by atoms with Crippen LogP contribution in [0, 0.1) is 6.92 Å². The molecule has 3 aromatic rings. The van der Waals surface area contributed by atoms with Crippen LogP contribution < -0.4 is 9.47 Å². The fourth-order valence-corrected chi connectivity index (χ4v) is 3.36. The largest absolute Gasteiger partial charge is 0.452 e. The van der Waals surface area contributed by atoms with Gasteiger partial charge in [-0.25, -0.2) is 4.79 Å². The lowest BCUT2D eigenvalue weighted by molar-refractivity contribution is 0.0733. The van der Waals surface area contributed by atoms with Crippen molar-refractivity contribution < 1.29 is 19.1 Å². The molecule has 0 bridgehead atoms.